The van der Waals surface area contributed by atoms with Crippen molar-refractivity contribution < 1.29 is 13.9 Å². The Morgan fingerprint density at radius 1 is 0.750 bits per heavy atom. The van der Waals surface area contributed by atoms with Gasteiger partial charge in [-0.1, -0.05) is 0 Å². The van der Waals surface area contributed by atoms with Gasteiger partial charge in [-0.25, -0.2) is 0 Å². The summed E-state index contributed by atoms with van der Waals surface area (Å²) in [5.74, 6) is 0. The van der Waals surface area contributed by atoms with Crippen LogP contribution in [-0.2, 0) is 20.2 Å². The average molecular weight is 344 g/mol. The van der Waals surface area contributed by atoms with Crippen LogP contribution in [0.4, 0.5) is 0 Å². The Morgan fingerprint density at radius 2 is 1.12 bits per heavy atom. The Labute approximate surface area is 143 Å². The van der Waals surface area contributed by atoms with Crippen molar-refractivity contribution in [3.8, 4) is 0 Å². The van der Waals surface area contributed by atoms with Crippen molar-refractivity contribution in [2.45, 2.75) is 52.7 Å². The summed E-state index contributed by atoms with van der Waals surface area (Å²) in [6.07, 6.45) is 0. The Bertz CT molecular complexity index is 811. The average Bonchev–Trinajstić information content (AvgIpc) is 2.73. The molecule has 1 spiro atoms. The molecule has 0 radical (unpaired) electrons. The zero-order valence-corrected chi connectivity index (χ0v) is 16.1. The van der Waals surface area contributed by atoms with Gasteiger partial charge in [0.05, 0.1) is 0 Å². The summed E-state index contributed by atoms with van der Waals surface area (Å²) in [5, 5.41) is 1.62. The number of fused-ring (bicyclic) bond motifs is 4. The Balaban J connectivity index is 2.11. The zero-order valence-electron chi connectivity index (χ0n) is 15.2. The van der Waals surface area contributed by atoms with E-state index in [1.165, 1.54) is 0 Å². The summed E-state index contributed by atoms with van der Waals surface area (Å²) in [7, 11) is -4.13. The van der Waals surface area contributed by atoms with Crippen molar-refractivity contribution in [3.63, 3.8) is 0 Å². The van der Waals surface area contributed by atoms with Crippen LogP contribution in [0.2, 0.25) is 0 Å². The molecule has 0 atom stereocenters. The molecular formula is C20H25O3P. The first-order valence-corrected chi connectivity index (χ1v) is 10.4. The van der Waals surface area contributed by atoms with Crippen LogP contribution < -0.4 is 10.6 Å². The summed E-state index contributed by atoms with van der Waals surface area (Å²) in [6.45, 7) is 12.1. The molecule has 2 aromatic carbocycles. The summed E-state index contributed by atoms with van der Waals surface area (Å²) in [4.78, 5) is 12.2. The van der Waals surface area contributed by atoms with Crippen LogP contribution >= 0.6 is 7.28 Å². The second-order valence-electron chi connectivity index (χ2n) is 8.16. The van der Waals surface area contributed by atoms with Crippen molar-refractivity contribution in [1.29, 1.82) is 0 Å². The Hall–Kier alpha value is -1.25. The first kappa shape index (κ1) is 16.2. The summed E-state index contributed by atoms with van der Waals surface area (Å²) in [6, 6.07) is 12.2. The van der Waals surface area contributed by atoms with Crippen molar-refractivity contribution in [2.75, 3.05) is 0 Å². The third-order valence-corrected chi connectivity index (χ3v) is 9.32. The van der Waals surface area contributed by atoms with Crippen LogP contribution in [0, 0.1) is 13.8 Å². The molecule has 0 aliphatic carbocycles. The van der Waals surface area contributed by atoms with E-state index in [4.69, 9.17) is 9.05 Å². The van der Waals surface area contributed by atoms with Gasteiger partial charge in [-0.3, -0.25) is 0 Å². The topological polar surface area (TPSA) is 38.7 Å². The zero-order chi connectivity index (χ0) is 17.6. The number of benzene rings is 2. The molecule has 4 heteroatoms. The van der Waals surface area contributed by atoms with E-state index < -0.39 is 18.5 Å². The van der Waals surface area contributed by atoms with Gasteiger partial charge in [0, 0.05) is 0 Å². The quantitative estimate of drug-likeness (QED) is 0.732. The van der Waals surface area contributed by atoms with Crippen molar-refractivity contribution in [1.82, 2.24) is 0 Å². The molecule has 0 fully saturated rings. The molecule has 24 heavy (non-hydrogen) atoms. The minimum absolute atomic E-state index is 0.601. The van der Waals surface area contributed by atoms with Gasteiger partial charge < -0.3 is 0 Å². The first-order valence-electron chi connectivity index (χ1n) is 8.40. The third kappa shape index (κ3) is 1.82. The first-order chi connectivity index (χ1) is 11.0. The number of hydrogen-bond donors (Lipinski definition) is 1. The van der Waals surface area contributed by atoms with E-state index >= 15 is 0 Å². The molecule has 0 amide bonds. The van der Waals surface area contributed by atoms with Gasteiger partial charge in [0.2, 0.25) is 0 Å². The molecule has 2 heterocycles. The molecule has 4 rings (SSSR count). The molecule has 0 aromatic heterocycles. The van der Waals surface area contributed by atoms with E-state index in [-0.39, 0.29) is 0 Å². The number of rotatable bonds is 0. The Morgan fingerprint density at radius 3 is 1.50 bits per heavy atom. The van der Waals surface area contributed by atoms with Crippen LogP contribution in [0.3, 0.4) is 0 Å². The molecular weight excluding hydrogens is 319 g/mol. The SMILES string of the molecule is Cc1ccc2c(c1)C(C)(C)OP21(O)OC(C)(C)c2cc(C)ccc21. The maximum atomic E-state index is 12.2. The fourth-order valence-electron chi connectivity index (χ4n) is 4.24. The van der Waals surface area contributed by atoms with Gasteiger partial charge in [-0.05, 0) is 0 Å². The van der Waals surface area contributed by atoms with E-state index in [1.54, 1.807) is 0 Å². The molecule has 128 valence electrons. The van der Waals surface area contributed by atoms with Crippen LogP contribution in [0.15, 0.2) is 36.4 Å². The minimum atomic E-state index is -4.13. The summed E-state index contributed by atoms with van der Waals surface area (Å²) >= 11 is 0. The van der Waals surface area contributed by atoms with E-state index in [9.17, 15) is 4.89 Å². The van der Waals surface area contributed by atoms with Gasteiger partial charge >= 0.3 is 143 Å². The van der Waals surface area contributed by atoms with Gasteiger partial charge in [-0.15, -0.1) is 0 Å². The molecule has 0 saturated carbocycles. The van der Waals surface area contributed by atoms with Crippen LogP contribution in [-0.4, -0.2) is 4.89 Å². The molecule has 2 aromatic rings. The molecule has 2 aliphatic heterocycles. The van der Waals surface area contributed by atoms with E-state index in [2.05, 4.69) is 26.0 Å². The predicted octanol–water partition coefficient (Wildman–Crippen LogP) is 4.08. The monoisotopic (exact) mass is 344 g/mol. The molecule has 0 bridgehead atoms. The van der Waals surface area contributed by atoms with Gasteiger partial charge in [0.15, 0.2) is 0 Å². The number of aryl methyl sites for hydroxylation is 2. The van der Waals surface area contributed by atoms with Gasteiger partial charge in [0.1, 0.15) is 0 Å². The van der Waals surface area contributed by atoms with Crippen LogP contribution in [0.5, 0.6) is 0 Å². The Kier molecular flexibility index (Phi) is 2.90. The van der Waals surface area contributed by atoms with E-state index in [0.717, 1.165) is 32.9 Å². The molecule has 1 N–H and O–H groups in total. The third-order valence-electron chi connectivity index (χ3n) is 5.25. The summed E-state index contributed by atoms with van der Waals surface area (Å²) < 4.78 is 13.0. The second-order valence-corrected chi connectivity index (χ2v) is 11.3. The van der Waals surface area contributed by atoms with E-state index in [1.807, 2.05) is 52.0 Å². The van der Waals surface area contributed by atoms with E-state index in [0.29, 0.717) is 0 Å². The van der Waals surface area contributed by atoms with Crippen LogP contribution in [0.25, 0.3) is 0 Å². The van der Waals surface area contributed by atoms with Crippen LogP contribution in [0.1, 0.15) is 49.9 Å². The second kappa shape index (κ2) is 4.28. The predicted molar refractivity (Wildman–Crippen MR) is 99.0 cm³/mol. The maximum absolute atomic E-state index is 12.2. The molecule has 0 unspecified atom stereocenters. The molecule has 3 nitrogen and oxygen atoms in total. The van der Waals surface area contributed by atoms with Crippen molar-refractivity contribution in [2.24, 2.45) is 0 Å². The normalized spacial score (nSPS) is 25.7. The van der Waals surface area contributed by atoms with Gasteiger partial charge in [-0.2, -0.15) is 0 Å². The summed E-state index contributed by atoms with van der Waals surface area (Å²) in [5.41, 5.74) is 3.14. The fourth-order valence-corrected chi connectivity index (χ4v) is 9.02. The van der Waals surface area contributed by atoms with Crippen molar-refractivity contribution >= 4 is 17.9 Å². The number of hydrogen-bond acceptors (Lipinski definition) is 3. The van der Waals surface area contributed by atoms with Gasteiger partial charge in [0.25, 0.3) is 0 Å². The standard InChI is InChI=1S/C20H25O3P/c1-13-7-9-17-15(11-13)19(3,4)22-24(17,21)18-10-8-14(2)12-16(18)20(5,6)23-24/h7-12,21H,1-6H3. The molecule has 2 aliphatic rings. The van der Waals surface area contributed by atoms with Crippen molar-refractivity contribution in [3.05, 3.63) is 58.7 Å². The molecule has 0 saturated heterocycles. The fraction of sp³-hybridized carbons (Fsp3) is 0.400.